The van der Waals surface area contributed by atoms with Gasteiger partial charge in [0.25, 0.3) is 0 Å². The number of amides is 2. The minimum atomic E-state index is -0.486. The zero-order valence-electron chi connectivity index (χ0n) is 17.8. The number of rotatable bonds is 7. The lowest BCUT2D eigenvalue weighted by molar-refractivity contribution is -0.119. The highest BCUT2D eigenvalue weighted by molar-refractivity contribution is 8.00. The minimum absolute atomic E-state index is 0.125. The van der Waals surface area contributed by atoms with Crippen molar-refractivity contribution < 1.29 is 9.59 Å². The zero-order chi connectivity index (χ0) is 22.5. The van der Waals surface area contributed by atoms with Crippen molar-refractivity contribution in [3.05, 3.63) is 71.0 Å². The molecule has 0 saturated heterocycles. The number of hydrogen-bond donors (Lipinski definition) is 2. The lowest BCUT2D eigenvalue weighted by Crippen LogP contribution is -2.25. The number of nitrogens with zero attached hydrogens (tertiary/aromatic N) is 2. The van der Waals surface area contributed by atoms with Gasteiger partial charge in [0.05, 0.1) is 21.7 Å². The highest BCUT2D eigenvalue weighted by atomic mass is 35.5. The fraction of sp³-hybridized carbons (Fsp3) is 0.261. The topological polar surface area (TPSA) is 76.0 Å². The molecule has 0 radical (unpaired) electrons. The number of aromatic nitrogens is 2. The lowest BCUT2D eigenvalue weighted by Gasteiger charge is -2.16. The van der Waals surface area contributed by atoms with Gasteiger partial charge in [-0.05, 0) is 64.1 Å². The summed E-state index contributed by atoms with van der Waals surface area (Å²) < 4.78 is 1.68. The van der Waals surface area contributed by atoms with Crippen LogP contribution in [-0.4, -0.2) is 26.8 Å². The molecule has 2 atom stereocenters. The van der Waals surface area contributed by atoms with Crippen molar-refractivity contribution in [3.63, 3.8) is 0 Å². The molecular weight excluding hydrogens is 432 g/mol. The Balaban J connectivity index is 1.62. The van der Waals surface area contributed by atoms with Crippen molar-refractivity contribution in [1.82, 2.24) is 9.78 Å². The van der Waals surface area contributed by atoms with Crippen LogP contribution in [0.15, 0.2) is 59.5 Å². The molecule has 0 aliphatic heterocycles. The van der Waals surface area contributed by atoms with Gasteiger partial charge in [-0.25, -0.2) is 0 Å². The van der Waals surface area contributed by atoms with E-state index in [-0.39, 0.29) is 17.1 Å². The number of halogens is 1. The predicted molar refractivity (Wildman–Crippen MR) is 127 cm³/mol. The third kappa shape index (κ3) is 5.89. The highest BCUT2D eigenvalue weighted by Crippen LogP contribution is 2.28. The summed E-state index contributed by atoms with van der Waals surface area (Å²) in [6.07, 6.45) is 0. The van der Waals surface area contributed by atoms with E-state index in [1.54, 1.807) is 29.8 Å². The van der Waals surface area contributed by atoms with Gasteiger partial charge in [0.1, 0.15) is 6.04 Å². The van der Waals surface area contributed by atoms with Crippen molar-refractivity contribution in [2.45, 2.75) is 43.9 Å². The summed E-state index contributed by atoms with van der Waals surface area (Å²) in [7, 11) is 0. The molecule has 31 heavy (non-hydrogen) atoms. The summed E-state index contributed by atoms with van der Waals surface area (Å²) in [4.78, 5) is 26.2. The Morgan fingerprint density at radius 2 is 1.71 bits per heavy atom. The SMILES string of the molecule is Cc1cc(C)n(C(C)C(=O)Nc2ccc(NC(=O)C(C)Sc3ccccc3)cc2Cl)n1. The van der Waals surface area contributed by atoms with Crippen LogP contribution < -0.4 is 10.6 Å². The van der Waals surface area contributed by atoms with E-state index in [1.807, 2.05) is 57.2 Å². The molecule has 0 fully saturated rings. The lowest BCUT2D eigenvalue weighted by atomic mass is 10.2. The van der Waals surface area contributed by atoms with E-state index in [4.69, 9.17) is 11.6 Å². The molecule has 1 aromatic heterocycles. The standard InChI is InChI=1S/C23H25ClN4O2S/c1-14-12-15(2)28(27-14)16(3)22(29)26-21-11-10-18(13-20(21)24)25-23(30)17(4)31-19-8-6-5-7-9-19/h5-13,16-17H,1-4H3,(H,25,30)(H,26,29). The van der Waals surface area contributed by atoms with Gasteiger partial charge in [0, 0.05) is 16.3 Å². The first-order valence-electron chi connectivity index (χ1n) is 9.90. The smallest absolute Gasteiger partial charge is 0.248 e. The first-order chi connectivity index (χ1) is 14.7. The summed E-state index contributed by atoms with van der Waals surface area (Å²) in [6, 6.07) is 16.2. The van der Waals surface area contributed by atoms with Crippen LogP contribution in [0.5, 0.6) is 0 Å². The van der Waals surface area contributed by atoms with Gasteiger partial charge < -0.3 is 10.6 Å². The second kappa shape index (κ2) is 10.0. The molecule has 0 aliphatic carbocycles. The summed E-state index contributed by atoms with van der Waals surface area (Å²) in [5.41, 5.74) is 2.81. The number of nitrogens with one attached hydrogen (secondary N) is 2. The molecule has 3 aromatic rings. The predicted octanol–water partition coefficient (Wildman–Crippen LogP) is 5.47. The van der Waals surface area contributed by atoms with Crippen LogP contribution in [0.3, 0.4) is 0 Å². The molecule has 0 aliphatic rings. The fourth-order valence-corrected chi connectivity index (χ4v) is 4.20. The molecule has 162 valence electrons. The quantitative estimate of drug-likeness (QED) is 0.462. The van der Waals surface area contributed by atoms with Gasteiger partial charge in [-0.15, -0.1) is 11.8 Å². The van der Waals surface area contributed by atoms with Gasteiger partial charge >= 0.3 is 0 Å². The second-order valence-electron chi connectivity index (χ2n) is 7.29. The maximum absolute atomic E-state index is 12.6. The molecule has 3 rings (SSSR count). The van der Waals surface area contributed by atoms with Crippen LogP contribution in [0.2, 0.25) is 5.02 Å². The molecule has 2 aromatic carbocycles. The van der Waals surface area contributed by atoms with Crippen LogP contribution >= 0.6 is 23.4 Å². The van der Waals surface area contributed by atoms with E-state index >= 15 is 0 Å². The molecule has 1 heterocycles. The van der Waals surface area contributed by atoms with E-state index in [9.17, 15) is 9.59 Å². The van der Waals surface area contributed by atoms with Crippen LogP contribution in [0.25, 0.3) is 0 Å². The van der Waals surface area contributed by atoms with E-state index in [2.05, 4.69) is 15.7 Å². The van der Waals surface area contributed by atoms with Gasteiger partial charge in [-0.3, -0.25) is 14.3 Å². The maximum atomic E-state index is 12.6. The third-order valence-electron chi connectivity index (χ3n) is 4.71. The average Bonchev–Trinajstić information content (AvgIpc) is 3.07. The van der Waals surface area contributed by atoms with Crippen LogP contribution in [0, 0.1) is 13.8 Å². The van der Waals surface area contributed by atoms with Gasteiger partial charge in [-0.1, -0.05) is 29.8 Å². The molecule has 2 unspecified atom stereocenters. The number of hydrogen-bond acceptors (Lipinski definition) is 4. The summed E-state index contributed by atoms with van der Waals surface area (Å²) >= 11 is 7.84. The van der Waals surface area contributed by atoms with E-state index in [0.29, 0.717) is 16.4 Å². The normalized spacial score (nSPS) is 12.8. The Bertz CT molecular complexity index is 1080. The van der Waals surface area contributed by atoms with Gasteiger partial charge in [0.15, 0.2) is 0 Å². The Hall–Kier alpha value is -2.77. The van der Waals surface area contributed by atoms with E-state index < -0.39 is 6.04 Å². The first kappa shape index (κ1) is 22.9. The van der Waals surface area contributed by atoms with Crippen molar-refractivity contribution >= 4 is 46.6 Å². The Morgan fingerprint density at radius 3 is 2.32 bits per heavy atom. The Morgan fingerprint density at radius 1 is 1.00 bits per heavy atom. The minimum Gasteiger partial charge on any atom is -0.325 e. The number of carbonyl (C=O) groups is 2. The Kier molecular flexibility index (Phi) is 7.41. The number of carbonyl (C=O) groups excluding carboxylic acids is 2. The summed E-state index contributed by atoms with van der Waals surface area (Å²) in [6.45, 7) is 7.43. The largest absolute Gasteiger partial charge is 0.325 e. The summed E-state index contributed by atoms with van der Waals surface area (Å²) in [5, 5.41) is 10.1. The molecular formula is C23H25ClN4O2S. The molecule has 2 amide bonds. The molecule has 8 heteroatoms. The van der Waals surface area contributed by atoms with E-state index in [0.717, 1.165) is 16.3 Å². The molecule has 6 nitrogen and oxygen atoms in total. The van der Waals surface area contributed by atoms with Crippen molar-refractivity contribution in [2.24, 2.45) is 0 Å². The number of benzene rings is 2. The van der Waals surface area contributed by atoms with Crippen LogP contribution in [0.4, 0.5) is 11.4 Å². The molecule has 0 saturated carbocycles. The summed E-state index contributed by atoms with van der Waals surface area (Å²) in [5.74, 6) is -0.349. The second-order valence-corrected chi connectivity index (χ2v) is 9.12. The maximum Gasteiger partial charge on any atom is 0.248 e. The van der Waals surface area contributed by atoms with Crippen LogP contribution in [-0.2, 0) is 9.59 Å². The molecule has 0 spiro atoms. The monoisotopic (exact) mass is 456 g/mol. The number of anilines is 2. The molecule has 2 N–H and O–H groups in total. The molecule has 0 bridgehead atoms. The van der Waals surface area contributed by atoms with E-state index in [1.165, 1.54) is 11.8 Å². The fourth-order valence-electron chi connectivity index (χ4n) is 3.08. The van der Waals surface area contributed by atoms with Crippen LogP contribution in [0.1, 0.15) is 31.3 Å². The zero-order valence-corrected chi connectivity index (χ0v) is 19.4. The van der Waals surface area contributed by atoms with Gasteiger partial charge in [0.2, 0.25) is 11.8 Å². The Labute approximate surface area is 191 Å². The first-order valence-corrected chi connectivity index (χ1v) is 11.2. The van der Waals surface area contributed by atoms with Crippen molar-refractivity contribution in [1.29, 1.82) is 0 Å². The average molecular weight is 457 g/mol. The van der Waals surface area contributed by atoms with Crippen molar-refractivity contribution in [2.75, 3.05) is 10.6 Å². The number of thioether (sulfide) groups is 1. The van der Waals surface area contributed by atoms with Gasteiger partial charge in [-0.2, -0.15) is 5.10 Å². The number of aryl methyl sites for hydroxylation is 2. The van der Waals surface area contributed by atoms with Crippen molar-refractivity contribution in [3.8, 4) is 0 Å². The highest BCUT2D eigenvalue weighted by Gasteiger charge is 2.19. The third-order valence-corrected chi connectivity index (χ3v) is 6.14.